The lowest BCUT2D eigenvalue weighted by Gasteiger charge is -2.28. The minimum Gasteiger partial charge on any atom is -0.375 e. The number of sulfone groups is 1. The van der Waals surface area contributed by atoms with Gasteiger partial charge in [0.2, 0.25) is 0 Å². The maximum Gasteiger partial charge on any atom is 0.501 e. The molecule has 178 valence electrons. The summed E-state index contributed by atoms with van der Waals surface area (Å²) >= 11 is 11.8. The highest BCUT2D eigenvalue weighted by Gasteiger charge is 2.47. The summed E-state index contributed by atoms with van der Waals surface area (Å²) in [5, 5.41) is 15.2. The Labute approximate surface area is 199 Å². The highest BCUT2D eigenvalue weighted by Crippen LogP contribution is 2.33. The first-order chi connectivity index (χ1) is 15.4. The van der Waals surface area contributed by atoms with Gasteiger partial charge in [0.05, 0.1) is 10.6 Å². The van der Waals surface area contributed by atoms with Crippen LogP contribution in [-0.2, 0) is 9.84 Å². The van der Waals surface area contributed by atoms with E-state index in [1.165, 1.54) is 23.3 Å². The van der Waals surface area contributed by atoms with Gasteiger partial charge in [0.25, 0.3) is 9.84 Å². The van der Waals surface area contributed by atoms with Crippen LogP contribution in [0.4, 0.5) is 13.2 Å². The predicted molar refractivity (Wildman–Crippen MR) is 119 cm³/mol. The van der Waals surface area contributed by atoms with Gasteiger partial charge in [-0.05, 0) is 42.8 Å². The van der Waals surface area contributed by atoms with Crippen molar-refractivity contribution in [1.82, 2.24) is 24.3 Å². The fourth-order valence-electron chi connectivity index (χ4n) is 3.10. The molecule has 3 rings (SSSR count). The van der Waals surface area contributed by atoms with Crippen LogP contribution in [0.25, 0.3) is 5.69 Å². The van der Waals surface area contributed by atoms with Gasteiger partial charge in [0.1, 0.15) is 23.2 Å². The summed E-state index contributed by atoms with van der Waals surface area (Å²) < 4.78 is 65.9. The van der Waals surface area contributed by atoms with E-state index >= 15 is 0 Å². The van der Waals surface area contributed by atoms with E-state index in [1.54, 1.807) is 16.7 Å². The molecule has 1 aromatic carbocycles. The average Bonchev–Trinajstić information content (AvgIpc) is 3.20. The first-order valence-electron chi connectivity index (χ1n) is 9.49. The summed E-state index contributed by atoms with van der Waals surface area (Å²) in [4.78, 5) is 7.13. The molecule has 1 atom stereocenters. The van der Waals surface area contributed by atoms with Crippen LogP contribution in [-0.4, -0.2) is 59.6 Å². The number of aromatic nitrogens is 4. The van der Waals surface area contributed by atoms with E-state index in [9.17, 15) is 26.7 Å². The Balaban J connectivity index is 1.96. The molecular weight excluding hydrogens is 522 g/mol. The van der Waals surface area contributed by atoms with Crippen molar-refractivity contribution in [2.45, 2.75) is 30.0 Å². The third-order valence-electron chi connectivity index (χ3n) is 4.58. The number of aliphatic hydroxyl groups is 1. The number of alkyl halides is 3. The van der Waals surface area contributed by atoms with Crippen LogP contribution in [0.3, 0.4) is 0 Å². The van der Waals surface area contributed by atoms with Crippen LogP contribution in [0.5, 0.6) is 0 Å². The van der Waals surface area contributed by atoms with Crippen molar-refractivity contribution in [3.05, 3.63) is 58.6 Å². The van der Waals surface area contributed by atoms with Crippen LogP contribution in [0, 0.1) is 0 Å². The Morgan fingerprint density at radius 3 is 2.58 bits per heavy atom. The fraction of sp³-hybridized carbons (Fsp3) is 0.278. The number of pyridine rings is 1. The summed E-state index contributed by atoms with van der Waals surface area (Å²) in [5.41, 5.74) is -4.44. The molecule has 2 aromatic heterocycles. The molecule has 0 saturated carbocycles. The zero-order valence-corrected chi connectivity index (χ0v) is 20.8. The molecule has 0 fully saturated rings. The van der Waals surface area contributed by atoms with Crippen molar-refractivity contribution in [3.63, 3.8) is 0 Å². The van der Waals surface area contributed by atoms with Gasteiger partial charge >= 0.3 is 5.51 Å². The minimum atomic E-state index is -5.64. The van der Waals surface area contributed by atoms with Crippen LogP contribution in [0.15, 0.2) is 47.8 Å². The summed E-state index contributed by atoms with van der Waals surface area (Å²) in [6.45, 7) is 2.23. The van der Waals surface area contributed by atoms with Crippen LogP contribution in [0.1, 0.15) is 25.1 Å². The van der Waals surface area contributed by atoms with E-state index in [4.69, 9.17) is 23.2 Å². The smallest absolute Gasteiger partial charge is 0.375 e. The minimum absolute atomic E-state index is 0.0794. The monoisotopic (exact) mass is 539 g/mol. The molecule has 0 aliphatic rings. The van der Waals surface area contributed by atoms with Crippen molar-refractivity contribution < 1.29 is 26.7 Å². The number of halogens is 5. The van der Waals surface area contributed by atoms with E-state index < -0.39 is 36.2 Å². The second kappa shape index (κ2) is 10.1. The van der Waals surface area contributed by atoms with Crippen molar-refractivity contribution in [1.29, 1.82) is 0 Å². The molecule has 0 spiro atoms. The highest BCUT2D eigenvalue weighted by molar-refractivity contribution is 7.92. The van der Waals surface area contributed by atoms with Crippen LogP contribution in [0.2, 0.25) is 10.2 Å². The van der Waals surface area contributed by atoms with Crippen LogP contribution >= 0.6 is 23.2 Å². The zero-order valence-electron chi connectivity index (χ0n) is 17.0. The maximum absolute atomic E-state index is 13.0. The van der Waals surface area contributed by atoms with Crippen molar-refractivity contribution >= 4 is 48.2 Å². The van der Waals surface area contributed by atoms with Crippen molar-refractivity contribution in [3.8, 4) is 5.69 Å². The lowest BCUT2D eigenvalue weighted by atomic mass is 10.2. The topological polar surface area (TPSA) is 101 Å². The lowest BCUT2D eigenvalue weighted by molar-refractivity contribution is -0.0436. The predicted octanol–water partition coefficient (Wildman–Crippen LogP) is 2.37. The zero-order chi connectivity index (χ0) is 24.4. The number of nitrogens with zero attached hydrogens (tertiary/aromatic N) is 5. The molecule has 0 amide bonds. The van der Waals surface area contributed by atoms with E-state index in [-0.39, 0.29) is 15.7 Å². The Morgan fingerprint density at radius 2 is 1.94 bits per heavy atom. The van der Waals surface area contributed by atoms with Gasteiger partial charge in [0, 0.05) is 17.3 Å². The Bertz CT molecular complexity index is 1240. The SMILES string of the molecule is CCCN([SiH2]c1ncnn1-c1ccnc(Cl)c1)C(O)c1cc(Cl)cc(S(=O)(=O)C(F)(F)F)c1. The number of aliphatic hydroxyl groups excluding tert-OH is 1. The van der Waals surface area contributed by atoms with Gasteiger partial charge < -0.3 is 5.11 Å². The summed E-state index contributed by atoms with van der Waals surface area (Å²) in [6.07, 6.45) is 2.02. The lowest BCUT2D eigenvalue weighted by Crippen LogP contribution is -2.43. The molecule has 2 heterocycles. The number of hydrogen-bond donors (Lipinski definition) is 1. The van der Waals surface area contributed by atoms with Gasteiger partial charge in [0.15, 0.2) is 9.68 Å². The Morgan fingerprint density at radius 1 is 1.21 bits per heavy atom. The number of hydrogen-bond acceptors (Lipinski definition) is 7. The van der Waals surface area contributed by atoms with E-state index in [2.05, 4.69) is 15.1 Å². The van der Waals surface area contributed by atoms with Gasteiger partial charge in [-0.3, -0.25) is 4.57 Å². The number of rotatable bonds is 8. The van der Waals surface area contributed by atoms with E-state index in [0.717, 1.165) is 6.07 Å². The molecule has 0 aliphatic heterocycles. The quantitative estimate of drug-likeness (QED) is 0.266. The first kappa shape index (κ1) is 25.6. The van der Waals surface area contributed by atoms with Crippen LogP contribution < -0.4 is 5.45 Å². The van der Waals surface area contributed by atoms with Crippen molar-refractivity contribution in [2.75, 3.05) is 6.54 Å². The summed E-state index contributed by atoms with van der Waals surface area (Å²) in [5.74, 6) is 0. The summed E-state index contributed by atoms with van der Waals surface area (Å²) in [6, 6.07) is 5.96. The molecule has 0 radical (unpaired) electrons. The molecule has 0 aliphatic carbocycles. The molecule has 8 nitrogen and oxygen atoms in total. The summed E-state index contributed by atoms with van der Waals surface area (Å²) in [7, 11) is -7.17. The van der Waals surface area contributed by atoms with Crippen molar-refractivity contribution in [2.24, 2.45) is 0 Å². The fourth-order valence-corrected chi connectivity index (χ4v) is 6.20. The largest absolute Gasteiger partial charge is 0.501 e. The molecule has 0 saturated heterocycles. The number of benzene rings is 1. The molecule has 15 heteroatoms. The Hall–Kier alpha value is -2.03. The molecule has 0 bridgehead atoms. The maximum atomic E-state index is 13.0. The third-order valence-corrected chi connectivity index (χ3v) is 8.30. The molecular formula is C18H18Cl2F3N5O3SSi. The average molecular weight is 540 g/mol. The molecule has 3 aromatic rings. The van der Waals surface area contributed by atoms with E-state index in [0.29, 0.717) is 30.2 Å². The normalized spacial score (nSPS) is 13.8. The molecule has 1 N–H and O–H groups in total. The molecule has 1 unspecified atom stereocenters. The molecule has 33 heavy (non-hydrogen) atoms. The second-order valence-electron chi connectivity index (χ2n) is 6.94. The van der Waals surface area contributed by atoms with E-state index in [1.807, 2.05) is 6.92 Å². The second-order valence-corrected chi connectivity index (χ2v) is 11.5. The van der Waals surface area contributed by atoms with Gasteiger partial charge in [-0.15, -0.1) is 0 Å². The standard InChI is InChI=1S/C18H18Cl2F3N5O3SSi/c1-2-5-27(33-17-25-10-26-28(17)13-3-4-24-15(20)9-13)16(29)11-6-12(19)8-14(7-11)32(30,31)18(21,22)23/h3-4,6-10,16,29H,2,5,33H2,1H3. The van der Waals surface area contributed by atoms with Gasteiger partial charge in [-0.2, -0.15) is 18.3 Å². The third kappa shape index (κ3) is 5.73. The Kier molecular flexibility index (Phi) is 7.81. The first-order valence-corrected chi connectivity index (χ1v) is 13.1. The van der Waals surface area contributed by atoms with Gasteiger partial charge in [-0.25, -0.2) is 23.1 Å². The van der Waals surface area contributed by atoms with Gasteiger partial charge in [-0.1, -0.05) is 30.1 Å². The highest BCUT2D eigenvalue weighted by atomic mass is 35.5.